The largest absolute Gasteiger partial charge is 0.393 e. The maximum atomic E-state index is 14.8. The highest BCUT2D eigenvalue weighted by Gasteiger charge is 2.38. The van der Waals surface area contributed by atoms with Crippen molar-refractivity contribution in [2.75, 3.05) is 132 Å². The highest BCUT2D eigenvalue weighted by Crippen LogP contribution is 2.23. The van der Waals surface area contributed by atoms with Crippen molar-refractivity contribution < 1.29 is 106 Å². The Bertz CT molecular complexity index is 2860. The van der Waals surface area contributed by atoms with Crippen LogP contribution in [0.5, 0.6) is 0 Å². The molecular weight excluding hydrogens is 1460 g/mol. The summed E-state index contributed by atoms with van der Waals surface area (Å²) in [6.07, 6.45) is 2.28. The molecule has 1 aliphatic heterocycles. The number of carbonyl (C=O) groups excluding carboxylic acids is 12. The fourth-order valence-corrected chi connectivity index (χ4v) is 12.6. The van der Waals surface area contributed by atoms with Gasteiger partial charge in [0.05, 0.1) is 148 Å². The Hall–Kier alpha value is -6.78. The van der Waals surface area contributed by atoms with Crippen LogP contribution in [0.4, 0.5) is 0 Å². The summed E-state index contributed by atoms with van der Waals surface area (Å²) in [4.78, 5) is 168. The topological polar surface area (TPSA) is 441 Å². The molecule has 1 aliphatic rings. The molecule has 0 spiro atoms. The van der Waals surface area contributed by atoms with Crippen LogP contribution in [0.2, 0.25) is 0 Å². The first-order valence-corrected chi connectivity index (χ1v) is 41.5. The van der Waals surface area contributed by atoms with E-state index in [2.05, 4.69) is 42.5 Å². The minimum Gasteiger partial charge on any atom is -0.393 e. The van der Waals surface area contributed by atoms with Gasteiger partial charge in [0.15, 0.2) is 17.3 Å². The first-order valence-electron chi connectivity index (χ1n) is 41.5. The van der Waals surface area contributed by atoms with Crippen molar-refractivity contribution in [3.63, 3.8) is 0 Å². The number of rotatable bonds is 59. The van der Waals surface area contributed by atoms with Crippen molar-refractivity contribution in [2.24, 2.45) is 35.3 Å². The molecule has 1 saturated heterocycles. The number of amides is 8. The van der Waals surface area contributed by atoms with E-state index in [-0.39, 0.29) is 107 Å². The molecular formula is C82H141N9O22. The van der Waals surface area contributed by atoms with Gasteiger partial charge in [0.1, 0.15) is 17.9 Å². The summed E-state index contributed by atoms with van der Waals surface area (Å²) in [5.41, 5.74) is 6.08. The molecule has 113 heavy (non-hydrogen) atoms. The molecule has 11 atom stereocenters. The number of ether oxygens (including phenoxy) is 8. The molecule has 0 unspecified atom stereocenters. The standard InChI is InChI=1S/C82H141N9O22/c1-9-22-67-73(96)55-63(53-61-26-16-13-17-27-61)78(101)91-71(52-58(5)6)82(105)90-70(25-12-4)81(104)89-69(24-11-3)74(97)57-66(60(8)93)79(102)86-35-30-62(77(100)87-67)54-72(95)68(23-10-2)88-80(103)65(59(7)92)56-64(94)28-18-14-20-33-84-75(98)29-19-15-21-34-85-76(99)31-36-106-38-40-108-42-44-110-46-48-112-50-51-113-49-47-111-45-43-109-41-39-107-37-32-83/h13,16-17,26-27,58-60,62-63,65-71,92-93H,9-12,14-15,18-25,28-57,83H2,1-8H3,(H,84,98)(H,85,99)(H,86,102)(H,87,100)(H,88,103)(H,89,104)(H,90,105)(H,91,101)/t59-,60-,62-,63+,65+,66+,67+,68+,69+,70+,71+/m1/s1. The number of unbranched alkanes of at least 4 members (excludes halogenated alkanes) is 4. The number of hydrogen-bond donors (Lipinski definition) is 11. The van der Waals surface area contributed by atoms with Crippen molar-refractivity contribution in [1.29, 1.82) is 0 Å². The number of benzene rings is 1. The maximum Gasteiger partial charge on any atom is 0.243 e. The highest BCUT2D eigenvalue weighted by atomic mass is 16.6. The van der Waals surface area contributed by atoms with Crippen LogP contribution >= 0.6 is 0 Å². The molecule has 646 valence electrons. The first kappa shape index (κ1) is 102. The van der Waals surface area contributed by atoms with Crippen molar-refractivity contribution in [2.45, 2.75) is 252 Å². The number of aliphatic hydroxyl groups excluding tert-OH is 2. The molecule has 1 aromatic carbocycles. The normalized spacial score (nSPS) is 19.8. The van der Waals surface area contributed by atoms with Gasteiger partial charge in [0, 0.05) is 83.0 Å². The fraction of sp³-hybridized carbons (Fsp3) is 0.780. The number of hydrogen-bond acceptors (Lipinski definition) is 23. The van der Waals surface area contributed by atoms with Gasteiger partial charge < -0.3 is 96.4 Å². The summed E-state index contributed by atoms with van der Waals surface area (Å²) >= 11 is 0. The number of nitrogens with two attached hydrogens (primary N) is 1. The van der Waals surface area contributed by atoms with Gasteiger partial charge in [0.25, 0.3) is 0 Å². The minimum absolute atomic E-state index is 0.0760. The van der Waals surface area contributed by atoms with Crippen molar-refractivity contribution >= 4 is 70.4 Å². The van der Waals surface area contributed by atoms with Crippen LogP contribution in [-0.2, 0) is 102 Å². The zero-order valence-corrected chi connectivity index (χ0v) is 69.1. The van der Waals surface area contributed by atoms with E-state index in [0.29, 0.717) is 183 Å². The Morgan fingerprint density at radius 3 is 1.45 bits per heavy atom. The van der Waals surface area contributed by atoms with E-state index in [1.165, 1.54) is 13.8 Å². The average molecular weight is 1610 g/mol. The summed E-state index contributed by atoms with van der Waals surface area (Å²) in [6, 6.07) is 3.24. The molecule has 0 radical (unpaired) electrons. The van der Waals surface area contributed by atoms with Crippen LogP contribution < -0.4 is 48.3 Å². The molecule has 0 aliphatic carbocycles. The van der Waals surface area contributed by atoms with Crippen LogP contribution in [0.3, 0.4) is 0 Å². The molecule has 1 fully saturated rings. The lowest BCUT2D eigenvalue weighted by atomic mass is 9.88. The molecule has 1 aromatic rings. The Morgan fingerprint density at radius 1 is 0.504 bits per heavy atom. The van der Waals surface area contributed by atoms with E-state index in [9.17, 15) is 67.7 Å². The maximum absolute atomic E-state index is 14.8. The molecule has 12 N–H and O–H groups in total. The molecule has 2 rings (SSSR count). The third kappa shape index (κ3) is 48.4. The number of nitrogens with one attached hydrogen (secondary N) is 8. The third-order valence-corrected chi connectivity index (χ3v) is 19.1. The molecule has 1 heterocycles. The molecule has 31 nitrogen and oxygen atoms in total. The van der Waals surface area contributed by atoms with Crippen LogP contribution in [0.1, 0.15) is 209 Å². The van der Waals surface area contributed by atoms with E-state index in [0.717, 1.165) is 12.0 Å². The Kier molecular flexibility index (Phi) is 58.3. The Balaban J connectivity index is 1.95. The summed E-state index contributed by atoms with van der Waals surface area (Å²) < 4.78 is 43.6. The second-order valence-electron chi connectivity index (χ2n) is 29.5. The summed E-state index contributed by atoms with van der Waals surface area (Å²) in [5, 5.41) is 44.4. The van der Waals surface area contributed by atoms with E-state index >= 15 is 0 Å². The van der Waals surface area contributed by atoms with Crippen molar-refractivity contribution in [3.05, 3.63) is 35.9 Å². The first-order chi connectivity index (χ1) is 54.4. The van der Waals surface area contributed by atoms with Gasteiger partial charge in [-0.05, 0) is 96.0 Å². The third-order valence-electron chi connectivity index (χ3n) is 19.1. The Labute approximate surface area is 670 Å². The molecule has 8 amide bonds. The molecule has 0 bridgehead atoms. The van der Waals surface area contributed by atoms with Crippen LogP contribution in [0, 0.1) is 29.6 Å². The zero-order chi connectivity index (χ0) is 83.4. The van der Waals surface area contributed by atoms with Crippen molar-refractivity contribution in [3.8, 4) is 0 Å². The number of aliphatic hydroxyl groups is 2. The monoisotopic (exact) mass is 1600 g/mol. The zero-order valence-electron chi connectivity index (χ0n) is 69.1. The van der Waals surface area contributed by atoms with Crippen LogP contribution in [-0.4, -0.2) is 255 Å². The molecule has 0 aromatic heterocycles. The van der Waals surface area contributed by atoms with E-state index in [4.69, 9.17) is 43.6 Å². The molecule has 31 heteroatoms. The fourth-order valence-electron chi connectivity index (χ4n) is 12.6. The van der Waals surface area contributed by atoms with E-state index < -0.39 is 132 Å². The highest BCUT2D eigenvalue weighted by molar-refractivity contribution is 5.98. The second kappa shape index (κ2) is 64.4. The Morgan fingerprint density at radius 2 is 0.956 bits per heavy atom. The van der Waals surface area contributed by atoms with Crippen LogP contribution in [0.15, 0.2) is 30.3 Å². The predicted octanol–water partition coefficient (Wildman–Crippen LogP) is 4.32. The summed E-state index contributed by atoms with van der Waals surface area (Å²) in [5.74, 6) is -11.3. The average Bonchev–Trinajstić information content (AvgIpc) is 1.16. The van der Waals surface area contributed by atoms with Gasteiger partial charge >= 0.3 is 0 Å². The van der Waals surface area contributed by atoms with Gasteiger partial charge in [-0.3, -0.25) is 57.5 Å². The quantitative estimate of drug-likeness (QED) is 0.0405. The number of Topliss-reactive ketones (excluding diaryl/α,β-unsaturated/α-hetero) is 4. The molecule has 0 saturated carbocycles. The SMILES string of the molecule is CCC[C@@H]1NC(=O)[C@@H](CC(=O)[C@H](CCC)NC(=O)[C@@H](CC(=O)CCCCCNC(=O)CCCCCNC(=O)CCOCCOCCOCCOCCOCCOCCOCCOCCN)[C@@H](C)O)CCNC(=O)[C@H]([C@@H](C)O)CC(=O)[C@H](CCC)NC(=O)[C@H](CCC)NC(=O)[C@H](CC(C)C)NC(=O)[C@@H](Cc2ccccc2)CC1=O. The van der Waals surface area contributed by atoms with Gasteiger partial charge in [-0.25, -0.2) is 0 Å². The lowest BCUT2D eigenvalue weighted by molar-refractivity contribution is -0.137. The summed E-state index contributed by atoms with van der Waals surface area (Å²) in [6.45, 7) is 21.8. The van der Waals surface area contributed by atoms with Gasteiger partial charge in [-0.1, -0.05) is 110 Å². The lowest BCUT2D eigenvalue weighted by Gasteiger charge is -2.28. The second-order valence-corrected chi connectivity index (χ2v) is 29.5. The lowest BCUT2D eigenvalue weighted by Crippen LogP contribution is -2.56. The van der Waals surface area contributed by atoms with Gasteiger partial charge in [0.2, 0.25) is 47.3 Å². The van der Waals surface area contributed by atoms with Crippen LogP contribution in [0.25, 0.3) is 0 Å². The minimum atomic E-state index is -1.36. The number of carbonyl (C=O) groups is 12. The van der Waals surface area contributed by atoms with Crippen molar-refractivity contribution in [1.82, 2.24) is 42.5 Å². The smallest absolute Gasteiger partial charge is 0.243 e. The van der Waals surface area contributed by atoms with Gasteiger partial charge in [-0.2, -0.15) is 0 Å². The number of ketones is 4. The predicted molar refractivity (Wildman–Crippen MR) is 426 cm³/mol. The van der Waals surface area contributed by atoms with E-state index in [1.807, 2.05) is 27.7 Å². The van der Waals surface area contributed by atoms with E-state index in [1.54, 1.807) is 44.2 Å². The van der Waals surface area contributed by atoms with Gasteiger partial charge in [-0.15, -0.1) is 0 Å². The summed E-state index contributed by atoms with van der Waals surface area (Å²) in [7, 11) is 0.